The molecule has 128 valence electrons. The van der Waals surface area contributed by atoms with Crippen molar-refractivity contribution in [2.75, 3.05) is 11.1 Å². The number of aromatic nitrogens is 4. The summed E-state index contributed by atoms with van der Waals surface area (Å²) < 4.78 is 1.68. The molecular weight excluding hydrogens is 358 g/mol. The summed E-state index contributed by atoms with van der Waals surface area (Å²) in [7, 11) is 0. The number of nitrogens with zero attached hydrogens (tertiary/aromatic N) is 4. The van der Waals surface area contributed by atoms with Crippen molar-refractivity contribution in [3.8, 4) is 5.69 Å². The van der Waals surface area contributed by atoms with Crippen molar-refractivity contribution in [1.29, 1.82) is 0 Å². The van der Waals surface area contributed by atoms with Crippen LogP contribution in [0.1, 0.15) is 22.3 Å². The van der Waals surface area contributed by atoms with E-state index in [1.54, 1.807) is 11.6 Å². The lowest BCUT2D eigenvalue weighted by atomic mass is 10.3. The lowest BCUT2D eigenvalue weighted by Crippen LogP contribution is -2.14. The van der Waals surface area contributed by atoms with Crippen LogP contribution in [-0.2, 0) is 4.79 Å². The van der Waals surface area contributed by atoms with Crippen molar-refractivity contribution in [3.63, 3.8) is 0 Å². The van der Waals surface area contributed by atoms with Crippen LogP contribution in [0, 0.1) is 6.92 Å². The molecule has 0 radical (unpaired) electrons. The van der Waals surface area contributed by atoms with E-state index in [0.717, 1.165) is 5.69 Å². The molecule has 2 heterocycles. The molecular formula is C16H15N5O2S2. The van der Waals surface area contributed by atoms with Gasteiger partial charge >= 0.3 is 0 Å². The van der Waals surface area contributed by atoms with E-state index < -0.39 is 0 Å². The zero-order chi connectivity index (χ0) is 17.8. The molecule has 1 N–H and O–H groups in total. The summed E-state index contributed by atoms with van der Waals surface area (Å²) in [5, 5.41) is 7.96. The first kappa shape index (κ1) is 17.3. The molecule has 0 aliphatic heterocycles. The lowest BCUT2D eigenvalue weighted by Gasteiger charge is -2.05. The Balaban J connectivity index is 1.63. The number of amides is 1. The summed E-state index contributed by atoms with van der Waals surface area (Å²) in [6, 6.07) is 9.58. The number of para-hydroxylation sites is 1. The third-order valence-electron chi connectivity index (χ3n) is 3.21. The largest absolute Gasteiger partial charge is 0.301 e. The topological polar surface area (TPSA) is 89.8 Å². The molecule has 0 atom stereocenters. The van der Waals surface area contributed by atoms with Gasteiger partial charge in [-0.1, -0.05) is 41.3 Å². The Hall–Kier alpha value is -2.52. The van der Waals surface area contributed by atoms with Crippen molar-refractivity contribution in [2.24, 2.45) is 0 Å². The Morgan fingerprint density at radius 2 is 2.04 bits per heavy atom. The van der Waals surface area contributed by atoms with Gasteiger partial charge in [-0.15, -0.1) is 0 Å². The van der Waals surface area contributed by atoms with Gasteiger partial charge in [-0.25, -0.2) is 14.6 Å². The first-order valence-electron chi connectivity index (χ1n) is 7.41. The number of carbonyl (C=O) groups is 2. The predicted molar refractivity (Wildman–Crippen MR) is 97.6 cm³/mol. The molecule has 0 saturated heterocycles. The molecule has 0 unspecified atom stereocenters. The number of rotatable bonds is 6. The van der Waals surface area contributed by atoms with E-state index in [9.17, 15) is 9.59 Å². The van der Waals surface area contributed by atoms with E-state index in [2.05, 4.69) is 20.4 Å². The number of thioether (sulfide) groups is 1. The second-order valence-electron chi connectivity index (χ2n) is 5.12. The van der Waals surface area contributed by atoms with Gasteiger partial charge < -0.3 is 5.32 Å². The predicted octanol–water partition coefficient (Wildman–Crippen LogP) is 2.97. The van der Waals surface area contributed by atoms with Gasteiger partial charge in [0, 0.05) is 6.92 Å². The molecule has 0 spiro atoms. The summed E-state index contributed by atoms with van der Waals surface area (Å²) >= 11 is 2.46. The normalized spacial score (nSPS) is 10.6. The maximum absolute atomic E-state index is 12.1. The van der Waals surface area contributed by atoms with Crippen LogP contribution in [0.15, 0.2) is 41.8 Å². The van der Waals surface area contributed by atoms with Crippen LogP contribution in [-0.4, -0.2) is 37.2 Å². The van der Waals surface area contributed by atoms with Gasteiger partial charge in [0.05, 0.1) is 22.0 Å². The first-order chi connectivity index (χ1) is 12.0. The highest BCUT2D eigenvalue weighted by Gasteiger charge is 2.15. The Labute approximate surface area is 152 Å². The minimum atomic E-state index is -0.212. The summed E-state index contributed by atoms with van der Waals surface area (Å²) in [6.45, 7) is 3.23. The third-order valence-corrected chi connectivity index (χ3v) is 5.33. The molecule has 0 aliphatic carbocycles. The number of anilines is 1. The second kappa shape index (κ2) is 7.58. The van der Waals surface area contributed by atoms with Gasteiger partial charge in [-0.05, 0) is 19.1 Å². The number of hydrogen-bond acceptors (Lipinski definition) is 7. The molecule has 0 bridgehead atoms. The maximum Gasteiger partial charge on any atom is 0.236 e. The third kappa shape index (κ3) is 4.12. The van der Waals surface area contributed by atoms with E-state index in [1.165, 1.54) is 36.3 Å². The van der Waals surface area contributed by atoms with Crippen molar-refractivity contribution in [1.82, 2.24) is 19.7 Å². The zero-order valence-electron chi connectivity index (χ0n) is 13.6. The monoisotopic (exact) mass is 373 g/mol. The first-order valence-corrected chi connectivity index (χ1v) is 9.21. The lowest BCUT2D eigenvalue weighted by molar-refractivity contribution is -0.113. The number of benzene rings is 1. The number of ketones is 1. The number of carbonyl (C=O) groups excluding carboxylic acids is 2. The Morgan fingerprint density at radius 1 is 1.28 bits per heavy atom. The Morgan fingerprint density at radius 3 is 2.72 bits per heavy atom. The molecule has 9 heteroatoms. The van der Waals surface area contributed by atoms with Crippen LogP contribution < -0.4 is 5.32 Å². The number of Topliss-reactive ketones (excluding diaryl/α,β-unsaturated/α-hetero) is 1. The van der Waals surface area contributed by atoms with Crippen LogP contribution >= 0.6 is 23.1 Å². The average molecular weight is 373 g/mol. The molecule has 2 aromatic heterocycles. The van der Waals surface area contributed by atoms with Crippen LogP contribution in [0.3, 0.4) is 0 Å². The molecule has 3 aromatic rings. The van der Waals surface area contributed by atoms with E-state index in [4.69, 9.17) is 0 Å². The highest BCUT2D eigenvalue weighted by Crippen LogP contribution is 2.24. The van der Waals surface area contributed by atoms with Crippen LogP contribution in [0.4, 0.5) is 5.13 Å². The second-order valence-corrected chi connectivity index (χ2v) is 7.06. The molecule has 25 heavy (non-hydrogen) atoms. The number of nitrogens with one attached hydrogen (secondary N) is 1. The SMILES string of the molecule is CC(=O)c1sc(NC(=O)CSc2ncnn2-c2ccccc2)nc1C. The molecule has 0 saturated carbocycles. The summed E-state index contributed by atoms with van der Waals surface area (Å²) in [5.74, 6) is -0.100. The minimum Gasteiger partial charge on any atom is -0.301 e. The van der Waals surface area contributed by atoms with E-state index in [-0.39, 0.29) is 17.4 Å². The minimum absolute atomic E-state index is 0.0548. The molecule has 0 fully saturated rings. The van der Waals surface area contributed by atoms with Crippen LogP contribution in [0.25, 0.3) is 5.69 Å². The Bertz CT molecular complexity index is 904. The van der Waals surface area contributed by atoms with Gasteiger partial charge in [0.25, 0.3) is 0 Å². The number of thiazole rings is 1. The molecule has 0 aliphatic rings. The highest BCUT2D eigenvalue weighted by molar-refractivity contribution is 7.99. The van der Waals surface area contributed by atoms with Crippen molar-refractivity contribution < 1.29 is 9.59 Å². The van der Waals surface area contributed by atoms with Crippen LogP contribution in [0.5, 0.6) is 0 Å². The van der Waals surface area contributed by atoms with Crippen molar-refractivity contribution in [2.45, 2.75) is 19.0 Å². The maximum atomic E-state index is 12.1. The smallest absolute Gasteiger partial charge is 0.236 e. The van der Waals surface area contributed by atoms with Gasteiger partial charge in [-0.3, -0.25) is 9.59 Å². The summed E-state index contributed by atoms with van der Waals surface area (Å²) in [6.07, 6.45) is 1.45. The van der Waals surface area contributed by atoms with Gasteiger partial charge in [0.1, 0.15) is 6.33 Å². The fourth-order valence-corrected chi connectivity index (χ4v) is 3.74. The standard InChI is InChI=1S/C16H15N5O2S2/c1-10-14(11(2)22)25-15(19-10)20-13(23)8-24-16-17-9-18-21(16)12-6-4-3-5-7-12/h3-7,9H,8H2,1-2H3,(H,19,20,23). The van der Waals surface area contributed by atoms with Crippen molar-refractivity contribution >= 4 is 39.9 Å². The summed E-state index contributed by atoms with van der Waals surface area (Å²) in [5.41, 5.74) is 1.51. The fourth-order valence-electron chi connectivity index (χ4n) is 2.14. The molecule has 3 rings (SSSR count). The fraction of sp³-hybridized carbons (Fsp3) is 0.188. The van der Waals surface area contributed by atoms with Gasteiger partial charge in [0.15, 0.2) is 16.1 Å². The molecule has 1 amide bonds. The quantitative estimate of drug-likeness (QED) is 0.528. The van der Waals surface area contributed by atoms with E-state index in [0.29, 0.717) is 20.9 Å². The molecule has 1 aromatic carbocycles. The highest BCUT2D eigenvalue weighted by atomic mass is 32.2. The molecule has 7 nitrogen and oxygen atoms in total. The number of aryl methyl sites for hydroxylation is 1. The van der Waals surface area contributed by atoms with Gasteiger partial charge in [0.2, 0.25) is 5.91 Å². The van der Waals surface area contributed by atoms with E-state index >= 15 is 0 Å². The van der Waals surface area contributed by atoms with Crippen molar-refractivity contribution in [3.05, 3.63) is 47.2 Å². The van der Waals surface area contributed by atoms with Gasteiger partial charge in [-0.2, -0.15) is 5.10 Å². The van der Waals surface area contributed by atoms with Crippen LogP contribution in [0.2, 0.25) is 0 Å². The number of hydrogen-bond donors (Lipinski definition) is 1. The van der Waals surface area contributed by atoms with E-state index in [1.807, 2.05) is 30.3 Å². The summed E-state index contributed by atoms with van der Waals surface area (Å²) in [4.78, 5) is 32.5. The zero-order valence-corrected chi connectivity index (χ0v) is 15.2. The Kier molecular flexibility index (Phi) is 5.25. The average Bonchev–Trinajstić information content (AvgIpc) is 3.20.